The van der Waals surface area contributed by atoms with Crippen LogP contribution in [0, 0.1) is 3.57 Å². The number of allylic oxidation sites excluding steroid dienone is 1. The number of hydrogen-bond acceptors (Lipinski definition) is 5. The lowest BCUT2D eigenvalue weighted by Crippen LogP contribution is -2.43. The monoisotopic (exact) mass is 637 g/mol. The normalized spacial score (nSPS) is 15.4. The third kappa shape index (κ3) is 4.60. The number of thiazole rings is 1. The smallest absolute Gasteiger partial charge is 0.271 e. The van der Waals surface area contributed by atoms with Gasteiger partial charge in [-0.3, -0.25) is 14.2 Å². The van der Waals surface area contributed by atoms with Gasteiger partial charge in [0.15, 0.2) is 4.80 Å². The van der Waals surface area contributed by atoms with Crippen LogP contribution in [0.5, 0.6) is 5.75 Å². The minimum Gasteiger partial charge on any atom is -0.496 e. The highest BCUT2D eigenvalue weighted by molar-refractivity contribution is 14.1. The van der Waals surface area contributed by atoms with Crippen LogP contribution in [0.15, 0.2) is 81.7 Å². The van der Waals surface area contributed by atoms with Crippen LogP contribution in [0.2, 0.25) is 0 Å². The fourth-order valence-electron chi connectivity index (χ4n) is 5.03. The first-order chi connectivity index (χ1) is 18.4. The molecule has 3 aromatic carbocycles. The average Bonchev–Trinajstić information content (AvgIpc) is 3.21. The Balaban J connectivity index is 1.86. The summed E-state index contributed by atoms with van der Waals surface area (Å²) in [5.74, 6) is 0.503. The van der Waals surface area contributed by atoms with Gasteiger partial charge in [0, 0.05) is 22.2 Å². The van der Waals surface area contributed by atoms with Crippen molar-refractivity contribution < 1.29 is 9.53 Å². The van der Waals surface area contributed by atoms with E-state index in [1.807, 2.05) is 87.5 Å². The van der Waals surface area contributed by atoms with E-state index in [2.05, 4.69) is 22.6 Å². The van der Waals surface area contributed by atoms with E-state index in [-0.39, 0.29) is 11.5 Å². The number of amides is 1. The van der Waals surface area contributed by atoms with Crippen LogP contribution in [0.4, 0.5) is 0 Å². The van der Waals surface area contributed by atoms with Gasteiger partial charge in [0.1, 0.15) is 11.8 Å². The van der Waals surface area contributed by atoms with E-state index in [9.17, 15) is 9.59 Å². The van der Waals surface area contributed by atoms with Crippen LogP contribution < -0.4 is 19.6 Å². The molecule has 0 aliphatic carbocycles. The average molecular weight is 638 g/mol. The molecule has 0 fully saturated rings. The van der Waals surface area contributed by atoms with E-state index in [0.29, 0.717) is 39.4 Å². The van der Waals surface area contributed by atoms with Crippen molar-refractivity contribution in [2.24, 2.45) is 4.99 Å². The molecule has 0 spiro atoms. The molecule has 1 amide bonds. The molecule has 1 atom stereocenters. The molecule has 8 heteroatoms. The number of methoxy groups -OCH3 is 1. The number of likely N-dealkylation sites (N-methyl/N-ethyl adjacent to an activating group) is 1. The summed E-state index contributed by atoms with van der Waals surface area (Å²) < 4.78 is 9.19. The highest BCUT2D eigenvalue weighted by atomic mass is 127. The van der Waals surface area contributed by atoms with Crippen molar-refractivity contribution in [3.8, 4) is 5.75 Å². The highest BCUT2D eigenvalue weighted by Gasteiger charge is 2.36. The third-order valence-corrected chi connectivity index (χ3v) is 8.53. The van der Waals surface area contributed by atoms with E-state index in [4.69, 9.17) is 9.73 Å². The Hall–Kier alpha value is -3.24. The summed E-state index contributed by atoms with van der Waals surface area (Å²) in [6.45, 7) is 6.89. The van der Waals surface area contributed by atoms with Gasteiger partial charge in [0.25, 0.3) is 11.5 Å². The molecule has 194 valence electrons. The lowest BCUT2D eigenvalue weighted by atomic mass is 9.90. The maximum Gasteiger partial charge on any atom is 0.271 e. The van der Waals surface area contributed by atoms with Crippen LogP contribution in [0.1, 0.15) is 37.9 Å². The lowest BCUT2D eigenvalue weighted by molar-refractivity contribution is -0.127. The van der Waals surface area contributed by atoms with Crippen molar-refractivity contribution in [2.45, 2.75) is 26.8 Å². The van der Waals surface area contributed by atoms with Gasteiger partial charge in [0.2, 0.25) is 0 Å². The summed E-state index contributed by atoms with van der Waals surface area (Å²) >= 11 is 3.61. The van der Waals surface area contributed by atoms with Gasteiger partial charge < -0.3 is 9.64 Å². The van der Waals surface area contributed by atoms with E-state index >= 15 is 0 Å². The molecule has 1 aliphatic heterocycles. The maximum absolute atomic E-state index is 14.1. The second-order valence-corrected chi connectivity index (χ2v) is 11.3. The highest BCUT2D eigenvalue weighted by Crippen LogP contribution is 2.40. The van der Waals surface area contributed by atoms with E-state index < -0.39 is 6.04 Å². The zero-order valence-electron chi connectivity index (χ0n) is 21.7. The fourth-order valence-corrected chi connectivity index (χ4v) is 6.65. The minimum absolute atomic E-state index is 0.122. The Morgan fingerprint density at radius 2 is 1.89 bits per heavy atom. The second kappa shape index (κ2) is 10.9. The molecule has 6 nitrogen and oxygen atoms in total. The Morgan fingerprint density at radius 3 is 2.61 bits per heavy atom. The molecule has 1 aromatic heterocycles. The fraction of sp³-hybridized carbons (Fsp3) is 0.233. The van der Waals surface area contributed by atoms with Crippen LogP contribution in [0.25, 0.3) is 16.8 Å². The molecule has 2 heterocycles. The number of nitrogens with zero attached hydrogens (tertiary/aromatic N) is 3. The van der Waals surface area contributed by atoms with Crippen molar-refractivity contribution in [2.75, 3.05) is 20.2 Å². The molecular formula is C30H28IN3O3S. The number of rotatable bonds is 6. The summed E-state index contributed by atoms with van der Waals surface area (Å²) in [4.78, 5) is 35.2. The van der Waals surface area contributed by atoms with E-state index in [0.717, 1.165) is 25.5 Å². The van der Waals surface area contributed by atoms with Crippen LogP contribution in [-0.2, 0) is 4.79 Å². The molecule has 4 aromatic rings. The van der Waals surface area contributed by atoms with E-state index in [1.165, 1.54) is 11.3 Å². The molecule has 0 unspecified atom stereocenters. The summed E-state index contributed by atoms with van der Waals surface area (Å²) in [6.07, 6.45) is 1.90. The van der Waals surface area contributed by atoms with Gasteiger partial charge in [-0.15, -0.1) is 0 Å². The topological polar surface area (TPSA) is 63.9 Å². The minimum atomic E-state index is -0.682. The molecule has 38 heavy (non-hydrogen) atoms. The summed E-state index contributed by atoms with van der Waals surface area (Å²) in [5.41, 5.74) is 2.67. The maximum atomic E-state index is 14.1. The molecule has 0 bridgehead atoms. The van der Waals surface area contributed by atoms with Crippen LogP contribution >= 0.6 is 33.9 Å². The zero-order chi connectivity index (χ0) is 27.0. The SMILES string of the molecule is CCN(CC)C(=O)C1=C(C)N=c2s/c(=C/c3cccc(I)c3)c(=O)n2[C@H]1c1c(OC)ccc2ccccc12. The number of ether oxygens (including phenoxy) is 1. The van der Waals surface area contributed by atoms with Crippen molar-refractivity contribution in [1.29, 1.82) is 0 Å². The Labute approximate surface area is 238 Å². The van der Waals surface area contributed by atoms with Gasteiger partial charge in [0.05, 0.1) is 22.9 Å². The molecular weight excluding hydrogens is 609 g/mol. The van der Waals surface area contributed by atoms with Crippen molar-refractivity contribution in [3.05, 3.63) is 106 Å². The summed E-state index contributed by atoms with van der Waals surface area (Å²) in [7, 11) is 1.62. The Bertz CT molecular complexity index is 1770. The second-order valence-electron chi connectivity index (χ2n) is 9.02. The Kier molecular flexibility index (Phi) is 7.54. The Morgan fingerprint density at radius 1 is 1.13 bits per heavy atom. The number of carbonyl (C=O) groups is 1. The standard InChI is InChI=1S/C30H28IN3O3S/c1-5-33(6-2)29(36)25-18(3)32-30-34(28(35)24(38-30)17-19-10-9-12-21(31)16-19)27(25)26-22-13-8-7-11-20(22)14-15-23(26)37-4/h7-17,27H,5-6H2,1-4H3/b24-17+/t27-/m1/s1. The zero-order valence-corrected chi connectivity index (χ0v) is 24.7. The van der Waals surface area contributed by atoms with E-state index in [1.54, 1.807) is 16.6 Å². The first-order valence-corrected chi connectivity index (χ1v) is 14.4. The number of fused-ring (bicyclic) bond motifs is 2. The first kappa shape index (κ1) is 26.4. The van der Waals surface area contributed by atoms with Gasteiger partial charge in [-0.05, 0) is 84.0 Å². The summed E-state index contributed by atoms with van der Waals surface area (Å²) in [5, 5.41) is 1.94. The van der Waals surface area contributed by atoms with Gasteiger partial charge >= 0.3 is 0 Å². The van der Waals surface area contributed by atoms with Crippen LogP contribution in [0.3, 0.4) is 0 Å². The molecule has 0 N–H and O–H groups in total. The lowest BCUT2D eigenvalue weighted by Gasteiger charge is -2.30. The van der Waals surface area contributed by atoms with Gasteiger partial charge in [-0.1, -0.05) is 53.8 Å². The predicted octanol–water partition coefficient (Wildman–Crippen LogP) is 4.87. The number of aromatic nitrogens is 1. The van der Waals surface area contributed by atoms with Gasteiger partial charge in [-0.25, -0.2) is 4.99 Å². The summed E-state index contributed by atoms with van der Waals surface area (Å²) in [6, 6.07) is 19.2. The van der Waals surface area contributed by atoms with Crippen molar-refractivity contribution in [3.63, 3.8) is 0 Å². The third-order valence-electron chi connectivity index (χ3n) is 6.87. The van der Waals surface area contributed by atoms with Crippen molar-refractivity contribution >= 4 is 56.7 Å². The predicted molar refractivity (Wildman–Crippen MR) is 161 cm³/mol. The number of hydrogen-bond donors (Lipinski definition) is 0. The first-order valence-electron chi connectivity index (χ1n) is 12.5. The molecule has 0 saturated carbocycles. The quantitative estimate of drug-likeness (QED) is 0.284. The number of benzene rings is 3. The molecule has 1 aliphatic rings. The number of carbonyl (C=O) groups excluding carboxylic acids is 1. The number of halogens is 1. The molecule has 0 radical (unpaired) electrons. The van der Waals surface area contributed by atoms with Crippen LogP contribution in [-0.4, -0.2) is 35.6 Å². The largest absolute Gasteiger partial charge is 0.496 e. The van der Waals surface area contributed by atoms with Gasteiger partial charge in [-0.2, -0.15) is 0 Å². The molecule has 0 saturated heterocycles. The molecule has 5 rings (SSSR count). The van der Waals surface area contributed by atoms with Crippen molar-refractivity contribution in [1.82, 2.24) is 9.47 Å².